The molecule has 0 aliphatic rings. The van der Waals surface area contributed by atoms with E-state index in [-0.39, 0.29) is 11.9 Å². The molecule has 1 heterocycles. The summed E-state index contributed by atoms with van der Waals surface area (Å²) in [6, 6.07) is 9.85. The van der Waals surface area contributed by atoms with Gasteiger partial charge < -0.3 is 5.32 Å². The van der Waals surface area contributed by atoms with Crippen molar-refractivity contribution in [2.24, 2.45) is 0 Å². The molecule has 4 heteroatoms. The number of benzene rings is 1. The van der Waals surface area contributed by atoms with E-state index in [1.165, 1.54) is 6.07 Å². The van der Waals surface area contributed by atoms with Gasteiger partial charge in [-0.05, 0) is 24.7 Å². The van der Waals surface area contributed by atoms with Gasteiger partial charge in [0.1, 0.15) is 5.82 Å². The molecule has 2 nitrogen and oxygen atoms in total. The van der Waals surface area contributed by atoms with Crippen LogP contribution in [0, 0.1) is 5.82 Å². The number of hydrogen-bond donors (Lipinski definition) is 1. The van der Waals surface area contributed by atoms with Crippen LogP contribution in [0.1, 0.15) is 24.2 Å². The van der Waals surface area contributed by atoms with Gasteiger partial charge in [-0.25, -0.2) is 4.39 Å². The number of nitrogens with one attached hydrogen (secondary N) is 1. The fraction of sp³-hybridized carbons (Fsp3) is 0.214. The Morgan fingerprint density at radius 1 is 1.28 bits per heavy atom. The van der Waals surface area contributed by atoms with Crippen LogP contribution in [0.5, 0.6) is 0 Å². The molecule has 1 atom stereocenters. The highest BCUT2D eigenvalue weighted by molar-refractivity contribution is 6.31. The van der Waals surface area contributed by atoms with Gasteiger partial charge >= 0.3 is 0 Å². The highest BCUT2D eigenvalue weighted by atomic mass is 35.5. The maximum atomic E-state index is 13.9. The first kappa shape index (κ1) is 13.0. The van der Waals surface area contributed by atoms with Gasteiger partial charge in [-0.2, -0.15) is 0 Å². The Kier molecular flexibility index (Phi) is 4.28. The second-order valence-corrected chi connectivity index (χ2v) is 4.29. The van der Waals surface area contributed by atoms with Crippen molar-refractivity contribution in [1.29, 1.82) is 0 Å². The predicted molar refractivity (Wildman–Crippen MR) is 71.2 cm³/mol. The lowest BCUT2D eigenvalue weighted by Crippen LogP contribution is -2.24. The molecule has 1 N–H and O–H groups in total. The van der Waals surface area contributed by atoms with Crippen molar-refractivity contribution >= 4 is 11.6 Å². The predicted octanol–water partition coefficient (Wildman–Crippen LogP) is 3.57. The summed E-state index contributed by atoms with van der Waals surface area (Å²) in [4.78, 5) is 4.25. The summed E-state index contributed by atoms with van der Waals surface area (Å²) in [7, 11) is 0. The van der Waals surface area contributed by atoms with Gasteiger partial charge in [0.15, 0.2) is 0 Å². The van der Waals surface area contributed by atoms with Crippen LogP contribution in [-0.2, 0) is 0 Å². The lowest BCUT2D eigenvalue weighted by atomic mass is 10.0. The highest BCUT2D eigenvalue weighted by Gasteiger charge is 2.20. The average Bonchev–Trinajstić information content (AvgIpc) is 2.38. The number of halogens is 2. The molecule has 2 rings (SSSR count). The SMILES string of the molecule is CCNC(c1ccccc1F)c1ncccc1Cl. The van der Waals surface area contributed by atoms with E-state index in [1.54, 1.807) is 36.5 Å². The summed E-state index contributed by atoms with van der Waals surface area (Å²) in [5.41, 5.74) is 1.20. The van der Waals surface area contributed by atoms with E-state index in [1.807, 2.05) is 6.92 Å². The first-order valence-electron chi connectivity index (χ1n) is 5.82. The molecular weight excluding hydrogens is 251 g/mol. The van der Waals surface area contributed by atoms with Gasteiger partial charge in [-0.1, -0.05) is 36.7 Å². The fourth-order valence-corrected chi connectivity index (χ4v) is 2.11. The minimum absolute atomic E-state index is 0.259. The number of aromatic nitrogens is 1. The fourth-order valence-electron chi connectivity index (χ4n) is 1.88. The largest absolute Gasteiger partial charge is 0.305 e. The minimum atomic E-state index is -0.329. The molecule has 0 amide bonds. The van der Waals surface area contributed by atoms with Crippen molar-refractivity contribution in [1.82, 2.24) is 10.3 Å². The third-order valence-corrected chi connectivity index (χ3v) is 3.00. The van der Waals surface area contributed by atoms with E-state index in [2.05, 4.69) is 10.3 Å². The molecule has 0 aliphatic heterocycles. The molecule has 94 valence electrons. The Balaban J connectivity index is 2.47. The maximum absolute atomic E-state index is 13.9. The Bertz CT molecular complexity index is 485. The Hall–Kier alpha value is -1.45. The van der Waals surface area contributed by atoms with Crippen molar-refractivity contribution in [3.8, 4) is 0 Å². The molecule has 1 aromatic carbocycles. The highest BCUT2D eigenvalue weighted by Crippen LogP contribution is 2.27. The van der Waals surface area contributed by atoms with E-state index < -0.39 is 0 Å². The van der Waals surface area contributed by atoms with Gasteiger partial charge in [0, 0.05) is 11.8 Å². The third-order valence-electron chi connectivity index (χ3n) is 2.68. The first-order valence-corrected chi connectivity index (χ1v) is 6.20. The minimum Gasteiger partial charge on any atom is -0.305 e. The summed E-state index contributed by atoms with van der Waals surface area (Å²) in [6.07, 6.45) is 1.66. The van der Waals surface area contributed by atoms with Gasteiger partial charge in [0.2, 0.25) is 0 Å². The van der Waals surface area contributed by atoms with E-state index in [0.29, 0.717) is 22.8 Å². The molecule has 18 heavy (non-hydrogen) atoms. The monoisotopic (exact) mass is 264 g/mol. The summed E-state index contributed by atoms with van der Waals surface area (Å²) in [6.45, 7) is 2.66. The summed E-state index contributed by atoms with van der Waals surface area (Å²) in [5, 5.41) is 3.74. The van der Waals surface area contributed by atoms with E-state index in [9.17, 15) is 4.39 Å². The second kappa shape index (κ2) is 5.94. The van der Waals surface area contributed by atoms with Crippen molar-refractivity contribution in [2.75, 3.05) is 6.54 Å². The van der Waals surface area contributed by atoms with Gasteiger partial charge in [-0.15, -0.1) is 0 Å². The average molecular weight is 265 g/mol. The van der Waals surface area contributed by atoms with Crippen LogP contribution in [0.4, 0.5) is 4.39 Å². The van der Waals surface area contributed by atoms with Crippen LogP contribution < -0.4 is 5.32 Å². The van der Waals surface area contributed by atoms with Gasteiger partial charge in [0.25, 0.3) is 0 Å². The molecule has 1 unspecified atom stereocenters. The van der Waals surface area contributed by atoms with Crippen molar-refractivity contribution < 1.29 is 4.39 Å². The molecule has 0 saturated carbocycles. The Morgan fingerprint density at radius 2 is 2.06 bits per heavy atom. The summed E-state index contributed by atoms with van der Waals surface area (Å²) >= 11 is 6.13. The normalized spacial score (nSPS) is 12.4. The Morgan fingerprint density at radius 3 is 2.72 bits per heavy atom. The zero-order chi connectivity index (χ0) is 13.0. The van der Waals surface area contributed by atoms with Crippen LogP contribution >= 0.6 is 11.6 Å². The molecule has 0 bridgehead atoms. The summed E-state index contributed by atoms with van der Waals surface area (Å²) in [5.74, 6) is -0.259. The standard InChI is InChI=1S/C14H14ClFN2/c1-2-17-13(10-6-3-4-8-12(10)16)14-11(15)7-5-9-18-14/h3-9,13,17H,2H2,1H3. The maximum Gasteiger partial charge on any atom is 0.128 e. The lowest BCUT2D eigenvalue weighted by molar-refractivity contribution is 0.552. The zero-order valence-electron chi connectivity index (χ0n) is 10.0. The smallest absolute Gasteiger partial charge is 0.128 e. The summed E-state index contributed by atoms with van der Waals surface area (Å²) < 4.78 is 13.9. The number of hydrogen-bond acceptors (Lipinski definition) is 2. The number of nitrogens with zero attached hydrogens (tertiary/aromatic N) is 1. The molecule has 0 spiro atoms. The van der Waals surface area contributed by atoms with Crippen LogP contribution in [0.25, 0.3) is 0 Å². The van der Waals surface area contributed by atoms with Crippen LogP contribution in [0.15, 0.2) is 42.6 Å². The zero-order valence-corrected chi connectivity index (χ0v) is 10.8. The van der Waals surface area contributed by atoms with Crippen molar-refractivity contribution in [3.63, 3.8) is 0 Å². The van der Waals surface area contributed by atoms with Gasteiger partial charge in [-0.3, -0.25) is 4.98 Å². The Labute approximate surface area is 111 Å². The molecule has 0 fully saturated rings. The molecule has 1 aromatic heterocycles. The van der Waals surface area contributed by atoms with Crippen LogP contribution in [0.2, 0.25) is 5.02 Å². The van der Waals surface area contributed by atoms with E-state index in [0.717, 1.165) is 0 Å². The van der Waals surface area contributed by atoms with Crippen LogP contribution in [0.3, 0.4) is 0 Å². The third kappa shape index (κ3) is 2.68. The van der Waals surface area contributed by atoms with Crippen molar-refractivity contribution in [2.45, 2.75) is 13.0 Å². The number of rotatable bonds is 4. The molecular formula is C14H14ClFN2. The lowest BCUT2D eigenvalue weighted by Gasteiger charge is -2.19. The van der Waals surface area contributed by atoms with E-state index >= 15 is 0 Å². The number of pyridine rings is 1. The topological polar surface area (TPSA) is 24.9 Å². The molecule has 0 radical (unpaired) electrons. The first-order chi connectivity index (χ1) is 8.74. The van der Waals surface area contributed by atoms with Crippen LogP contribution in [-0.4, -0.2) is 11.5 Å². The van der Waals surface area contributed by atoms with Crippen molar-refractivity contribution in [3.05, 3.63) is 64.7 Å². The van der Waals surface area contributed by atoms with E-state index in [4.69, 9.17) is 11.6 Å². The molecule has 2 aromatic rings. The molecule has 0 aliphatic carbocycles. The second-order valence-electron chi connectivity index (χ2n) is 3.88. The molecule has 0 saturated heterocycles. The quantitative estimate of drug-likeness (QED) is 0.913. The van der Waals surface area contributed by atoms with Gasteiger partial charge in [0.05, 0.1) is 16.8 Å².